The maximum absolute atomic E-state index is 10.9. The number of nitrogens with zero attached hydrogens (tertiary/aromatic N) is 1. The molecule has 0 aliphatic carbocycles. The molecule has 0 unspecified atom stereocenters. The average Bonchev–Trinajstić information content (AvgIpc) is 2.15. The van der Waals surface area contributed by atoms with Crippen LogP contribution in [-0.2, 0) is 9.47 Å². The van der Waals surface area contributed by atoms with Crippen molar-refractivity contribution in [3.8, 4) is 0 Å². The standard InChI is InChI=1S/C9H15NO4/c1-3-4-10(9(11)12)8-5-13-6-14-7(8)2/h3,7-8H,1,4-6H2,2H3,(H,11,12)/t7-,8-/m1/s1. The highest BCUT2D eigenvalue weighted by Gasteiger charge is 2.30. The largest absolute Gasteiger partial charge is 0.465 e. The molecule has 1 aliphatic rings. The van der Waals surface area contributed by atoms with Crippen LogP contribution in [0.25, 0.3) is 0 Å². The molecule has 1 N–H and O–H groups in total. The second-order valence-corrected chi connectivity index (χ2v) is 3.15. The van der Waals surface area contributed by atoms with Crippen molar-refractivity contribution in [2.45, 2.75) is 19.1 Å². The van der Waals surface area contributed by atoms with Crippen molar-refractivity contribution in [2.24, 2.45) is 0 Å². The molecule has 1 heterocycles. The molecule has 5 heteroatoms. The number of rotatable bonds is 3. The van der Waals surface area contributed by atoms with Gasteiger partial charge in [0.2, 0.25) is 0 Å². The van der Waals surface area contributed by atoms with Gasteiger partial charge in [-0.3, -0.25) is 4.90 Å². The highest BCUT2D eigenvalue weighted by Crippen LogP contribution is 2.13. The van der Waals surface area contributed by atoms with Crippen LogP contribution >= 0.6 is 0 Å². The van der Waals surface area contributed by atoms with E-state index in [0.29, 0.717) is 6.61 Å². The SMILES string of the molecule is C=CCN(C(=O)O)[C@@H]1COCO[C@@H]1C. The molecular formula is C9H15NO4. The van der Waals surface area contributed by atoms with Crippen LogP contribution in [0, 0.1) is 0 Å². The lowest BCUT2D eigenvalue weighted by molar-refractivity contribution is -0.165. The molecule has 1 saturated heterocycles. The van der Waals surface area contributed by atoms with Gasteiger partial charge in [0.25, 0.3) is 0 Å². The van der Waals surface area contributed by atoms with Crippen molar-refractivity contribution in [1.29, 1.82) is 0 Å². The van der Waals surface area contributed by atoms with Gasteiger partial charge in [-0.15, -0.1) is 6.58 Å². The van der Waals surface area contributed by atoms with Gasteiger partial charge in [0.1, 0.15) is 6.79 Å². The van der Waals surface area contributed by atoms with Crippen LogP contribution in [0.1, 0.15) is 6.92 Å². The minimum atomic E-state index is -0.976. The summed E-state index contributed by atoms with van der Waals surface area (Å²) >= 11 is 0. The van der Waals surface area contributed by atoms with Gasteiger partial charge in [-0.1, -0.05) is 6.08 Å². The number of carboxylic acid groups (broad SMARTS) is 1. The topological polar surface area (TPSA) is 59.0 Å². The molecule has 1 amide bonds. The zero-order chi connectivity index (χ0) is 10.6. The fraction of sp³-hybridized carbons (Fsp3) is 0.667. The number of ether oxygens (including phenoxy) is 2. The highest BCUT2D eigenvalue weighted by molar-refractivity contribution is 5.65. The quantitative estimate of drug-likeness (QED) is 0.689. The van der Waals surface area contributed by atoms with Crippen molar-refractivity contribution < 1.29 is 19.4 Å². The molecule has 2 atom stereocenters. The van der Waals surface area contributed by atoms with E-state index in [2.05, 4.69) is 6.58 Å². The third-order valence-electron chi connectivity index (χ3n) is 2.22. The van der Waals surface area contributed by atoms with E-state index < -0.39 is 6.09 Å². The molecule has 0 aromatic heterocycles. The summed E-state index contributed by atoms with van der Waals surface area (Å²) in [6.07, 6.45) is 0.436. The van der Waals surface area contributed by atoms with Crippen molar-refractivity contribution in [3.05, 3.63) is 12.7 Å². The van der Waals surface area contributed by atoms with E-state index in [1.165, 1.54) is 4.90 Å². The second-order valence-electron chi connectivity index (χ2n) is 3.15. The zero-order valence-electron chi connectivity index (χ0n) is 8.18. The van der Waals surface area contributed by atoms with E-state index >= 15 is 0 Å². The van der Waals surface area contributed by atoms with Crippen LogP contribution in [0.2, 0.25) is 0 Å². The van der Waals surface area contributed by atoms with Gasteiger partial charge in [-0.25, -0.2) is 4.79 Å². The van der Waals surface area contributed by atoms with Crippen LogP contribution in [0.4, 0.5) is 4.79 Å². The van der Waals surface area contributed by atoms with Crippen LogP contribution in [0.3, 0.4) is 0 Å². The number of hydrogen-bond acceptors (Lipinski definition) is 3. The summed E-state index contributed by atoms with van der Waals surface area (Å²) in [6, 6.07) is -0.251. The molecule has 0 aromatic rings. The Morgan fingerprint density at radius 3 is 3.00 bits per heavy atom. The maximum Gasteiger partial charge on any atom is 0.407 e. The summed E-state index contributed by atoms with van der Waals surface area (Å²) in [7, 11) is 0. The third kappa shape index (κ3) is 2.46. The Morgan fingerprint density at radius 2 is 2.50 bits per heavy atom. The van der Waals surface area contributed by atoms with E-state index in [9.17, 15) is 4.79 Å². The summed E-state index contributed by atoms with van der Waals surface area (Å²) in [5.41, 5.74) is 0. The Bertz CT molecular complexity index is 219. The van der Waals surface area contributed by atoms with Gasteiger partial charge < -0.3 is 14.6 Å². The summed E-state index contributed by atoms with van der Waals surface area (Å²) in [5, 5.41) is 8.94. The Morgan fingerprint density at radius 1 is 1.79 bits per heavy atom. The van der Waals surface area contributed by atoms with Gasteiger partial charge in [0.15, 0.2) is 0 Å². The van der Waals surface area contributed by atoms with E-state index in [1.807, 2.05) is 6.92 Å². The lowest BCUT2D eigenvalue weighted by atomic mass is 10.1. The van der Waals surface area contributed by atoms with E-state index in [0.717, 1.165) is 0 Å². The zero-order valence-corrected chi connectivity index (χ0v) is 8.18. The van der Waals surface area contributed by atoms with Crippen molar-refractivity contribution >= 4 is 6.09 Å². The molecule has 1 fully saturated rings. The monoisotopic (exact) mass is 201 g/mol. The molecule has 0 spiro atoms. The first-order valence-electron chi connectivity index (χ1n) is 4.46. The molecule has 5 nitrogen and oxygen atoms in total. The van der Waals surface area contributed by atoms with Crippen LogP contribution < -0.4 is 0 Å². The van der Waals surface area contributed by atoms with E-state index in [-0.39, 0.29) is 25.5 Å². The minimum absolute atomic E-state index is 0.139. The molecule has 0 bridgehead atoms. The Balaban J connectivity index is 2.64. The van der Waals surface area contributed by atoms with Gasteiger partial charge >= 0.3 is 6.09 Å². The molecule has 14 heavy (non-hydrogen) atoms. The van der Waals surface area contributed by atoms with Crippen LogP contribution in [-0.4, -0.2) is 48.2 Å². The summed E-state index contributed by atoms with van der Waals surface area (Å²) in [5.74, 6) is 0. The van der Waals surface area contributed by atoms with E-state index in [4.69, 9.17) is 14.6 Å². The summed E-state index contributed by atoms with van der Waals surface area (Å²) in [4.78, 5) is 12.2. The molecular weight excluding hydrogens is 186 g/mol. The van der Waals surface area contributed by atoms with Crippen molar-refractivity contribution in [3.63, 3.8) is 0 Å². The highest BCUT2D eigenvalue weighted by atomic mass is 16.7. The number of hydrogen-bond donors (Lipinski definition) is 1. The van der Waals surface area contributed by atoms with Gasteiger partial charge in [0, 0.05) is 6.54 Å². The smallest absolute Gasteiger partial charge is 0.407 e. The molecule has 1 rings (SSSR count). The second kappa shape index (κ2) is 4.97. The van der Waals surface area contributed by atoms with Gasteiger partial charge in [-0.05, 0) is 6.92 Å². The van der Waals surface area contributed by atoms with E-state index in [1.54, 1.807) is 6.08 Å². The minimum Gasteiger partial charge on any atom is -0.465 e. The predicted molar refractivity (Wildman–Crippen MR) is 50.1 cm³/mol. The summed E-state index contributed by atoms with van der Waals surface area (Å²) in [6.45, 7) is 6.26. The first kappa shape index (κ1) is 11.0. The lowest BCUT2D eigenvalue weighted by Gasteiger charge is -2.35. The van der Waals surface area contributed by atoms with Crippen molar-refractivity contribution in [1.82, 2.24) is 4.90 Å². The first-order chi connectivity index (χ1) is 6.66. The maximum atomic E-state index is 10.9. The number of carbonyl (C=O) groups is 1. The fourth-order valence-corrected chi connectivity index (χ4v) is 1.41. The average molecular weight is 201 g/mol. The van der Waals surface area contributed by atoms with Gasteiger partial charge in [-0.2, -0.15) is 0 Å². The van der Waals surface area contributed by atoms with Gasteiger partial charge in [0.05, 0.1) is 18.8 Å². The lowest BCUT2D eigenvalue weighted by Crippen LogP contribution is -2.51. The molecule has 80 valence electrons. The van der Waals surface area contributed by atoms with Crippen LogP contribution in [0.15, 0.2) is 12.7 Å². The predicted octanol–water partition coefficient (Wildman–Crippen LogP) is 0.914. The molecule has 1 aliphatic heterocycles. The Kier molecular flexibility index (Phi) is 3.91. The number of amides is 1. The normalized spacial score (nSPS) is 26.9. The molecule has 0 aromatic carbocycles. The molecule has 0 saturated carbocycles. The molecule has 0 radical (unpaired) electrons. The Hall–Kier alpha value is -1.07. The Labute approximate surface area is 82.9 Å². The summed E-state index contributed by atoms with van der Waals surface area (Å²) < 4.78 is 10.3. The van der Waals surface area contributed by atoms with Crippen LogP contribution in [0.5, 0.6) is 0 Å². The third-order valence-corrected chi connectivity index (χ3v) is 2.22. The fourth-order valence-electron chi connectivity index (χ4n) is 1.41. The van der Waals surface area contributed by atoms with Crippen molar-refractivity contribution in [2.75, 3.05) is 19.9 Å². The first-order valence-corrected chi connectivity index (χ1v) is 4.46.